The fourth-order valence-corrected chi connectivity index (χ4v) is 5.17. The molecular formula is C30H29F2N3O3. The molecule has 5 aromatic rings. The van der Waals surface area contributed by atoms with Crippen molar-refractivity contribution < 1.29 is 23.0 Å². The Bertz CT molecular complexity index is 1580. The second-order valence-corrected chi connectivity index (χ2v) is 9.27. The van der Waals surface area contributed by atoms with Crippen molar-refractivity contribution in [1.29, 1.82) is 0 Å². The highest BCUT2D eigenvalue weighted by atomic mass is 19.1. The Morgan fingerprint density at radius 3 is 2.45 bits per heavy atom. The third-order valence-corrected chi connectivity index (χ3v) is 7.11. The minimum Gasteiger partial charge on any atom is -0.493 e. The average Bonchev–Trinajstić information content (AvgIpc) is 3.57. The molecule has 196 valence electrons. The van der Waals surface area contributed by atoms with Gasteiger partial charge in [0.25, 0.3) is 0 Å². The van der Waals surface area contributed by atoms with Gasteiger partial charge in [-0.15, -0.1) is 0 Å². The van der Waals surface area contributed by atoms with E-state index < -0.39 is 0 Å². The van der Waals surface area contributed by atoms with Crippen molar-refractivity contribution in [3.63, 3.8) is 0 Å². The number of carbonyl (C=O) groups excluding carboxylic acids is 1. The SMILES string of the molecule is COc1cc2c(cc1OC)C(CCc1c[nH]c3cc(F)ccc13)N(C=O)CC2.Fc1ccc2cc[nH]c2c1. The minimum atomic E-state index is -0.254. The van der Waals surface area contributed by atoms with Gasteiger partial charge in [0.15, 0.2) is 11.5 Å². The van der Waals surface area contributed by atoms with E-state index in [2.05, 4.69) is 9.97 Å². The Morgan fingerprint density at radius 2 is 1.68 bits per heavy atom. The number of benzene rings is 3. The maximum Gasteiger partial charge on any atom is 0.210 e. The molecule has 0 spiro atoms. The van der Waals surface area contributed by atoms with Gasteiger partial charge in [0, 0.05) is 35.4 Å². The van der Waals surface area contributed by atoms with Crippen LogP contribution in [-0.4, -0.2) is 42.0 Å². The molecule has 3 aromatic carbocycles. The molecule has 0 radical (unpaired) electrons. The normalized spacial score (nSPS) is 14.6. The number of methoxy groups -OCH3 is 2. The molecule has 0 saturated heterocycles. The zero-order valence-corrected chi connectivity index (χ0v) is 21.3. The van der Waals surface area contributed by atoms with Crippen LogP contribution in [0.15, 0.2) is 67.0 Å². The van der Waals surface area contributed by atoms with Crippen molar-refractivity contribution in [2.45, 2.75) is 25.3 Å². The molecule has 1 aliphatic rings. The van der Waals surface area contributed by atoms with Gasteiger partial charge in [-0.3, -0.25) is 4.79 Å². The van der Waals surface area contributed by atoms with Gasteiger partial charge < -0.3 is 24.3 Å². The van der Waals surface area contributed by atoms with Crippen LogP contribution in [0.25, 0.3) is 21.8 Å². The summed E-state index contributed by atoms with van der Waals surface area (Å²) in [7, 11) is 3.24. The molecule has 1 atom stereocenters. The fraction of sp³-hybridized carbons (Fsp3) is 0.233. The monoisotopic (exact) mass is 517 g/mol. The lowest BCUT2D eigenvalue weighted by molar-refractivity contribution is -0.120. The standard InChI is InChI=1S/C22H23FN2O3.C8H6FN/c1-27-21-9-14-7-8-25(13-26)20(18(14)11-22(21)28-2)6-3-15-12-24-19-10-16(23)4-5-17(15)19;9-7-2-1-6-3-4-10-8(6)5-7/h4-5,9-13,20,24H,3,6-8H2,1-2H3;1-5,10H. The van der Waals surface area contributed by atoms with Gasteiger partial charge in [0.1, 0.15) is 11.6 Å². The van der Waals surface area contributed by atoms with Gasteiger partial charge in [-0.1, -0.05) is 0 Å². The molecule has 6 nitrogen and oxygen atoms in total. The van der Waals surface area contributed by atoms with Gasteiger partial charge in [-0.25, -0.2) is 8.78 Å². The van der Waals surface area contributed by atoms with Gasteiger partial charge in [0.2, 0.25) is 6.41 Å². The number of hydrogen-bond donors (Lipinski definition) is 2. The number of carbonyl (C=O) groups is 1. The number of aromatic amines is 2. The maximum atomic E-state index is 13.4. The average molecular weight is 518 g/mol. The van der Waals surface area contributed by atoms with E-state index in [1.54, 1.807) is 32.5 Å². The number of nitrogens with one attached hydrogen (secondary N) is 2. The van der Waals surface area contributed by atoms with Crippen LogP contribution < -0.4 is 9.47 Å². The Labute approximate surface area is 219 Å². The molecule has 2 N–H and O–H groups in total. The molecule has 0 aliphatic carbocycles. The first-order valence-corrected chi connectivity index (χ1v) is 12.4. The number of nitrogens with zero attached hydrogens (tertiary/aromatic N) is 1. The molecule has 1 unspecified atom stereocenters. The number of fused-ring (bicyclic) bond motifs is 3. The number of rotatable bonds is 6. The number of aryl methyl sites for hydroxylation is 1. The van der Waals surface area contributed by atoms with E-state index in [-0.39, 0.29) is 17.7 Å². The predicted molar refractivity (Wildman–Crippen MR) is 144 cm³/mol. The molecule has 1 aliphatic heterocycles. The van der Waals surface area contributed by atoms with Crippen molar-refractivity contribution >= 4 is 28.2 Å². The molecule has 38 heavy (non-hydrogen) atoms. The highest BCUT2D eigenvalue weighted by Crippen LogP contribution is 2.39. The summed E-state index contributed by atoms with van der Waals surface area (Å²) in [5.74, 6) is 0.921. The van der Waals surface area contributed by atoms with Crippen molar-refractivity contribution in [2.75, 3.05) is 20.8 Å². The molecule has 0 bridgehead atoms. The summed E-state index contributed by atoms with van der Waals surface area (Å²) in [5.41, 5.74) is 5.04. The van der Waals surface area contributed by atoms with Crippen molar-refractivity contribution in [2.24, 2.45) is 0 Å². The van der Waals surface area contributed by atoms with E-state index in [0.29, 0.717) is 18.0 Å². The lowest BCUT2D eigenvalue weighted by Crippen LogP contribution is -2.34. The zero-order valence-electron chi connectivity index (χ0n) is 21.3. The number of halogens is 2. The smallest absolute Gasteiger partial charge is 0.210 e. The van der Waals surface area contributed by atoms with Crippen LogP contribution in [0.1, 0.15) is 29.2 Å². The highest BCUT2D eigenvalue weighted by Gasteiger charge is 2.28. The van der Waals surface area contributed by atoms with Crippen LogP contribution in [0.2, 0.25) is 0 Å². The van der Waals surface area contributed by atoms with Crippen LogP contribution in [0.3, 0.4) is 0 Å². The van der Waals surface area contributed by atoms with Crippen molar-refractivity contribution in [1.82, 2.24) is 14.9 Å². The lowest BCUT2D eigenvalue weighted by Gasteiger charge is -2.35. The van der Waals surface area contributed by atoms with Crippen LogP contribution >= 0.6 is 0 Å². The second kappa shape index (κ2) is 11.0. The summed E-state index contributed by atoms with van der Waals surface area (Å²) in [4.78, 5) is 19.6. The molecule has 8 heteroatoms. The first-order chi connectivity index (χ1) is 18.5. The third kappa shape index (κ3) is 5.07. The summed E-state index contributed by atoms with van der Waals surface area (Å²) in [5, 5.41) is 2.06. The Hall–Kier alpha value is -4.33. The van der Waals surface area contributed by atoms with Crippen LogP contribution in [0.4, 0.5) is 8.78 Å². The number of hydrogen-bond acceptors (Lipinski definition) is 3. The quantitative estimate of drug-likeness (QED) is 0.259. The molecule has 3 heterocycles. The van der Waals surface area contributed by atoms with Crippen molar-refractivity contribution in [3.8, 4) is 11.5 Å². The first kappa shape index (κ1) is 25.3. The predicted octanol–water partition coefficient (Wildman–Crippen LogP) is 6.32. The number of ether oxygens (including phenoxy) is 2. The Balaban J connectivity index is 0.000000244. The van der Waals surface area contributed by atoms with E-state index in [1.807, 2.05) is 29.3 Å². The zero-order chi connectivity index (χ0) is 26.6. The summed E-state index contributed by atoms with van der Waals surface area (Å²) in [6, 6.07) is 15.3. The summed E-state index contributed by atoms with van der Waals surface area (Å²) >= 11 is 0. The molecule has 2 aromatic heterocycles. The van der Waals surface area contributed by atoms with Crippen LogP contribution in [0, 0.1) is 11.6 Å². The van der Waals surface area contributed by atoms with E-state index in [4.69, 9.17) is 9.47 Å². The van der Waals surface area contributed by atoms with Crippen molar-refractivity contribution in [3.05, 3.63) is 95.3 Å². The van der Waals surface area contributed by atoms with Crippen LogP contribution in [-0.2, 0) is 17.6 Å². The van der Waals surface area contributed by atoms with Gasteiger partial charge in [-0.05, 0) is 95.9 Å². The topological polar surface area (TPSA) is 70.3 Å². The van der Waals surface area contributed by atoms with Crippen LogP contribution in [0.5, 0.6) is 11.5 Å². The van der Waals surface area contributed by atoms with Gasteiger partial charge in [-0.2, -0.15) is 0 Å². The van der Waals surface area contributed by atoms with Gasteiger partial charge >= 0.3 is 0 Å². The van der Waals surface area contributed by atoms with E-state index in [1.165, 1.54) is 29.8 Å². The fourth-order valence-electron chi connectivity index (χ4n) is 5.17. The maximum absolute atomic E-state index is 13.4. The second-order valence-electron chi connectivity index (χ2n) is 9.27. The Morgan fingerprint density at radius 1 is 0.947 bits per heavy atom. The molecule has 0 saturated carbocycles. The summed E-state index contributed by atoms with van der Waals surface area (Å²) in [6.07, 6.45) is 6.98. The summed E-state index contributed by atoms with van der Waals surface area (Å²) < 4.78 is 36.8. The largest absolute Gasteiger partial charge is 0.493 e. The number of amides is 1. The Kier molecular flexibility index (Phi) is 7.31. The molecule has 6 rings (SSSR count). The van der Waals surface area contributed by atoms with Gasteiger partial charge in [0.05, 0.1) is 20.3 Å². The molecular weight excluding hydrogens is 488 g/mol. The number of aromatic nitrogens is 2. The van der Waals surface area contributed by atoms with E-state index >= 15 is 0 Å². The number of H-pyrrole nitrogens is 2. The minimum absolute atomic E-state index is 0.0357. The molecule has 0 fully saturated rings. The highest BCUT2D eigenvalue weighted by molar-refractivity contribution is 5.83. The third-order valence-electron chi connectivity index (χ3n) is 7.11. The van der Waals surface area contributed by atoms with E-state index in [9.17, 15) is 13.6 Å². The molecule has 1 amide bonds. The lowest BCUT2D eigenvalue weighted by atomic mass is 9.88. The summed E-state index contributed by atoms with van der Waals surface area (Å²) in [6.45, 7) is 0.676. The van der Waals surface area contributed by atoms with E-state index in [0.717, 1.165) is 58.6 Å². The first-order valence-electron chi connectivity index (χ1n) is 12.4.